The van der Waals surface area contributed by atoms with Crippen LogP contribution >= 0.6 is 0 Å². The molecule has 1 aliphatic rings. The molecule has 0 aliphatic heterocycles. The lowest BCUT2D eigenvalue weighted by Crippen LogP contribution is -2.28. The van der Waals surface area contributed by atoms with Crippen molar-refractivity contribution in [2.45, 2.75) is 45.3 Å². The summed E-state index contributed by atoms with van der Waals surface area (Å²) >= 11 is 0. The molecule has 3 nitrogen and oxygen atoms in total. The minimum Gasteiger partial charge on any atom is -0.508 e. The van der Waals surface area contributed by atoms with Gasteiger partial charge in [0, 0.05) is 12.1 Å². The summed E-state index contributed by atoms with van der Waals surface area (Å²) in [5.41, 5.74) is 2.11. The fourth-order valence-electron chi connectivity index (χ4n) is 2.71. The maximum absolute atomic E-state index is 9.73. The van der Waals surface area contributed by atoms with E-state index in [1.165, 1.54) is 6.42 Å². The van der Waals surface area contributed by atoms with Crippen molar-refractivity contribution in [3.05, 3.63) is 29.3 Å². The van der Waals surface area contributed by atoms with E-state index in [2.05, 4.69) is 5.32 Å². The summed E-state index contributed by atoms with van der Waals surface area (Å²) in [6, 6.07) is 5.67. The second kappa shape index (κ2) is 6.21. The molecule has 0 heterocycles. The zero-order chi connectivity index (χ0) is 13.0. The molecule has 1 aliphatic carbocycles. The highest BCUT2D eigenvalue weighted by molar-refractivity contribution is 5.35. The van der Waals surface area contributed by atoms with Crippen molar-refractivity contribution in [3.8, 4) is 5.75 Å². The van der Waals surface area contributed by atoms with Gasteiger partial charge in [0.25, 0.3) is 0 Å². The second-order valence-electron chi connectivity index (χ2n) is 5.45. The van der Waals surface area contributed by atoms with E-state index in [9.17, 15) is 10.2 Å². The number of phenolic OH excluding ortho intramolecular Hbond substituents is 1. The van der Waals surface area contributed by atoms with Crippen LogP contribution in [0, 0.1) is 12.8 Å². The number of rotatable bonds is 4. The molecule has 0 aromatic heterocycles. The predicted molar refractivity (Wildman–Crippen MR) is 72.5 cm³/mol. The van der Waals surface area contributed by atoms with E-state index >= 15 is 0 Å². The molecule has 2 unspecified atom stereocenters. The molecule has 2 atom stereocenters. The van der Waals surface area contributed by atoms with E-state index in [-0.39, 0.29) is 6.10 Å². The first-order valence-corrected chi connectivity index (χ1v) is 6.82. The molecule has 100 valence electrons. The van der Waals surface area contributed by atoms with Crippen LogP contribution in [0.5, 0.6) is 5.75 Å². The zero-order valence-electron chi connectivity index (χ0n) is 11.0. The van der Waals surface area contributed by atoms with Crippen LogP contribution in [0.2, 0.25) is 0 Å². The molecule has 3 heteroatoms. The predicted octanol–water partition coefficient (Wildman–Crippen LogP) is 2.34. The Kier molecular flexibility index (Phi) is 4.61. The van der Waals surface area contributed by atoms with Gasteiger partial charge in [-0.1, -0.05) is 24.1 Å². The van der Waals surface area contributed by atoms with Gasteiger partial charge in [-0.15, -0.1) is 0 Å². The topological polar surface area (TPSA) is 52.5 Å². The van der Waals surface area contributed by atoms with Crippen LogP contribution in [0.1, 0.15) is 36.8 Å². The molecule has 3 N–H and O–H groups in total. The van der Waals surface area contributed by atoms with Crippen LogP contribution in [0.3, 0.4) is 0 Å². The van der Waals surface area contributed by atoms with Crippen molar-refractivity contribution >= 4 is 0 Å². The average molecular weight is 249 g/mol. The highest BCUT2D eigenvalue weighted by atomic mass is 16.3. The highest BCUT2D eigenvalue weighted by Crippen LogP contribution is 2.24. The summed E-state index contributed by atoms with van der Waals surface area (Å²) in [6.45, 7) is 3.64. The molecule has 18 heavy (non-hydrogen) atoms. The summed E-state index contributed by atoms with van der Waals surface area (Å²) in [7, 11) is 0. The minimum atomic E-state index is -0.113. The van der Waals surface area contributed by atoms with E-state index in [0.717, 1.165) is 36.9 Å². The van der Waals surface area contributed by atoms with Crippen LogP contribution in [0.15, 0.2) is 18.2 Å². The van der Waals surface area contributed by atoms with Crippen molar-refractivity contribution in [1.82, 2.24) is 5.32 Å². The van der Waals surface area contributed by atoms with E-state index in [0.29, 0.717) is 18.2 Å². The zero-order valence-corrected chi connectivity index (χ0v) is 11.0. The molecule has 1 saturated carbocycles. The van der Waals surface area contributed by atoms with Crippen LogP contribution in [-0.4, -0.2) is 22.9 Å². The van der Waals surface area contributed by atoms with Crippen LogP contribution in [0.25, 0.3) is 0 Å². The first-order valence-electron chi connectivity index (χ1n) is 6.82. The molecule has 0 spiro atoms. The van der Waals surface area contributed by atoms with Gasteiger partial charge < -0.3 is 15.5 Å². The summed E-state index contributed by atoms with van der Waals surface area (Å²) in [5.74, 6) is 0.928. The molecule has 1 aromatic carbocycles. The molecule has 1 fully saturated rings. The van der Waals surface area contributed by atoms with Gasteiger partial charge in [-0.2, -0.15) is 0 Å². The maximum Gasteiger partial charge on any atom is 0.120 e. The third-order valence-electron chi connectivity index (χ3n) is 3.74. The third kappa shape index (κ3) is 3.72. The van der Waals surface area contributed by atoms with Gasteiger partial charge in [0.1, 0.15) is 5.75 Å². The van der Waals surface area contributed by atoms with E-state index in [1.54, 1.807) is 6.07 Å². The number of phenols is 1. The largest absolute Gasteiger partial charge is 0.508 e. The number of aromatic hydroxyl groups is 1. The van der Waals surface area contributed by atoms with Gasteiger partial charge >= 0.3 is 0 Å². The quantitative estimate of drug-likeness (QED) is 0.767. The number of aryl methyl sites for hydroxylation is 1. The Labute approximate surface area is 109 Å². The molecule has 1 aromatic rings. The van der Waals surface area contributed by atoms with Crippen LogP contribution in [-0.2, 0) is 6.54 Å². The Bertz CT molecular complexity index is 392. The second-order valence-corrected chi connectivity index (χ2v) is 5.45. The lowest BCUT2D eigenvalue weighted by molar-refractivity contribution is 0.101. The molecular formula is C15H23NO2. The van der Waals surface area contributed by atoms with Crippen molar-refractivity contribution in [3.63, 3.8) is 0 Å². The number of hydrogen-bond donors (Lipinski definition) is 3. The Morgan fingerprint density at radius 3 is 2.94 bits per heavy atom. The average Bonchev–Trinajstić information content (AvgIpc) is 2.34. The van der Waals surface area contributed by atoms with Crippen LogP contribution in [0.4, 0.5) is 0 Å². The van der Waals surface area contributed by atoms with Gasteiger partial charge in [0.2, 0.25) is 0 Å². The summed E-state index contributed by atoms with van der Waals surface area (Å²) in [6.07, 6.45) is 4.08. The van der Waals surface area contributed by atoms with Gasteiger partial charge in [-0.05, 0) is 44.7 Å². The SMILES string of the molecule is Cc1ccc(O)c(CNCC2CCCC(O)C2)c1. The highest BCUT2D eigenvalue weighted by Gasteiger charge is 2.19. The lowest BCUT2D eigenvalue weighted by Gasteiger charge is -2.26. The van der Waals surface area contributed by atoms with Gasteiger partial charge in [-0.3, -0.25) is 0 Å². The number of nitrogens with one attached hydrogen (secondary N) is 1. The first kappa shape index (κ1) is 13.4. The summed E-state index contributed by atoms with van der Waals surface area (Å²) in [5, 5.41) is 22.7. The molecule has 0 radical (unpaired) electrons. The summed E-state index contributed by atoms with van der Waals surface area (Å²) in [4.78, 5) is 0. The molecule has 2 rings (SSSR count). The normalized spacial score (nSPS) is 24.1. The Balaban J connectivity index is 1.79. The lowest BCUT2D eigenvalue weighted by atomic mass is 9.87. The molecule has 0 amide bonds. The molecule has 0 bridgehead atoms. The van der Waals surface area contributed by atoms with Gasteiger partial charge in [0.15, 0.2) is 0 Å². The summed E-state index contributed by atoms with van der Waals surface area (Å²) < 4.78 is 0. The fourth-order valence-corrected chi connectivity index (χ4v) is 2.71. The van der Waals surface area contributed by atoms with E-state index < -0.39 is 0 Å². The number of benzene rings is 1. The smallest absolute Gasteiger partial charge is 0.120 e. The monoisotopic (exact) mass is 249 g/mol. The number of aliphatic hydroxyl groups excluding tert-OH is 1. The Morgan fingerprint density at radius 1 is 1.33 bits per heavy atom. The fraction of sp³-hybridized carbons (Fsp3) is 0.600. The van der Waals surface area contributed by atoms with E-state index in [1.807, 2.05) is 19.1 Å². The molecular weight excluding hydrogens is 226 g/mol. The van der Waals surface area contributed by atoms with Crippen molar-refractivity contribution in [1.29, 1.82) is 0 Å². The van der Waals surface area contributed by atoms with Crippen LogP contribution < -0.4 is 5.32 Å². The van der Waals surface area contributed by atoms with Gasteiger partial charge in [0.05, 0.1) is 6.10 Å². The first-order chi connectivity index (χ1) is 8.65. The maximum atomic E-state index is 9.73. The molecule has 0 saturated heterocycles. The van der Waals surface area contributed by atoms with Crippen molar-refractivity contribution < 1.29 is 10.2 Å². The van der Waals surface area contributed by atoms with Crippen molar-refractivity contribution in [2.24, 2.45) is 5.92 Å². The third-order valence-corrected chi connectivity index (χ3v) is 3.74. The standard InChI is InChI=1S/C15H23NO2/c1-11-5-6-15(18)13(7-11)10-16-9-12-3-2-4-14(17)8-12/h5-7,12,14,16-18H,2-4,8-10H2,1H3. The van der Waals surface area contributed by atoms with E-state index in [4.69, 9.17) is 0 Å². The number of aliphatic hydroxyl groups is 1. The van der Waals surface area contributed by atoms with Crippen molar-refractivity contribution in [2.75, 3.05) is 6.54 Å². The number of hydrogen-bond acceptors (Lipinski definition) is 3. The van der Waals surface area contributed by atoms with Gasteiger partial charge in [-0.25, -0.2) is 0 Å². The minimum absolute atomic E-state index is 0.113. The Hall–Kier alpha value is -1.06. The Morgan fingerprint density at radius 2 is 2.17 bits per heavy atom.